The van der Waals surface area contributed by atoms with Crippen molar-refractivity contribution < 1.29 is 13.9 Å². The van der Waals surface area contributed by atoms with Gasteiger partial charge in [0.05, 0.1) is 19.2 Å². The molecular formula is C12H16FNO2. The molecule has 1 aromatic rings. The molecule has 0 saturated carbocycles. The predicted molar refractivity (Wildman–Crippen MR) is 60.6 cm³/mol. The van der Waals surface area contributed by atoms with Crippen LogP contribution in [0.1, 0.15) is 22.8 Å². The lowest BCUT2D eigenvalue weighted by Crippen LogP contribution is -2.19. The van der Waals surface area contributed by atoms with Gasteiger partial charge in [-0.25, -0.2) is 4.39 Å². The molecule has 4 heteroatoms. The number of rotatable bonds is 5. The van der Waals surface area contributed by atoms with Crippen molar-refractivity contribution in [1.29, 1.82) is 0 Å². The second-order valence-electron chi connectivity index (χ2n) is 3.45. The average Bonchev–Trinajstić information content (AvgIpc) is 2.28. The number of aryl methyl sites for hydroxylation is 1. The maximum absolute atomic E-state index is 13.5. The summed E-state index contributed by atoms with van der Waals surface area (Å²) in [5.74, 6) is -0.149. The Balaban J connectivity index is 3.19. The maximum Gasteiger partial charge on any atom is 0.180 e. The summed E-state index contributed by atoms with van der Waals surface area (Å²) >= 11 is 0. The quantitative estimate of drug-likeness (QED) is 0.776. The number of carbonyl (C=O) groups excluding carboxylic acids is 1. The van der Waals surface area contributed by atoms with E-state index in [4.69, 9.17) is 4.74 Å². The smallest absolute Gasteiger partial charge is 0.180 e. The van der Waals surface area contributed by atoms with Crippen LogP contribution in [0.25, 0.3) is 0 Å². The van der Waals surface area contributed by atoms with Gasteiger partial charge in [0.25, 0.3) is 0 Å². The zero-order chi connectivity index (χ0) is 12.1. The number of methoxy groups -OCH3 is 1. The van der Waals surface area contributed by atoms with Crippen LogP contribution >= 0.6 is 0 Å². The molecule has 0 atom stereocenters. The van der Waals surface area contributed by atoms with Gasteiger partial charge in [-0.2, -0.15) is 0 Å². The van der Waals surface area contributed by atoms with E-state index in [1.807, 2.05) is 6.92 Å². The van der Waals surface area contributed by atoms with E-state index >= 15 is 0 Å². The molecule has 0 aliphatic carbocycles. The van der Waals surface area contributed by atoms with Crippen LogP contribution in [0.2, 0.25) is 0 Å². The van der Waals surface area contributed by atoms with Crippen LogP contribution < -0.4 is 10.1 Å². The number of likely N-dealkylation sites (N-methyl/N-ethyl adjacent to an activating group) is 1. The predicted octanol–water partition coefficient (Wildman–Crippen LogP) is 1.80. The number of benzene rings is 1. The fraction of sp³-hybridized carbons (Fsp3) is 0.417. The summed E-state index contributed by atoms with van der Waals surface area (Å²) in [6, 6.07) is 2.83. The van der Waals surface area contributed by atoms with E-state index in [1.54, 1.807) is 13.1 Å². The fourth-order valence-electron chi connectivity index (χ4n) is 1.51. The molecule has 0 saturated heterocycles. The number of carbonyl (C=O) groups is 1. The molecule has 0 aliphatic heterocycles. The molecule has 0 heterocycles. The van der Waals surface area contributed by atoms with Crippen molar-refractivity contribution in [3.8, 4) is 5.75 Å². The standard InChI is InChI=1S/C12H16FNO2/c1-4-8-5-9(11(15)7-14-2)12(16-3)6-10(8)13/h5-6,14H,4,7H2,1-3H3. The van der Waals surface area contributed by atoms with Crippen molar-refractivity contribution in [3.63, 3.8) is 0 Å². The topological polar surface area (TPSA) is 38.3 Å². The first kappa shape index (κ1) is 12.6. The van der Waals surface area contributed by atoms with Gasteiger partial charge in [0.15, 0.2) is 5.78 Å². The molecule has 0 aromatic heterocycles. The lowest BCUT2D eigenvalue weighted by Gasteiger charge is -2.10. The summed E-state index contributed by atoms with van der Waals surface area (Å²) in [7, 11) is 3.12. The van der Waals surface area contributed by atoms with Gasteiger partial charge in [0.1, 0.15) is 11.6 Å². The van der Waals surface area contributed by atoms with Gasteiger partial charge < -0.3 is 10.1 Å². The van der Waals surface area contributed by atoms with E-state index in [0.29, 0.717) is 17.5 Å². The first-order valence-corrected chi connectivity index (χ1v) is 5.18. The third-order valence-corrected chi connectivity index (χ3v) is 2.39. The average molecular weight is 225 g/mol. The van der Waals surface area contributed by atoms with Gasteiger partial charge in [-0.15, -0.1) is 0 Å². The minimum Gasteiger partial charge on any atom is -0.496 e. The summed E-state index contributed by atoms with van der Waals surface area (Å²) in [5.41, 5.74) is 0.954. The van der Waals surface area contributed by atoms with Gasteiger partial charge in [0.2, 0.25) is 0 Å². The summed E-state index contributed by atoms with van der Waals surface area (Å²) in [4.78, 5) is 11.7. The SMILES string of the molecule is CCc1cc(C(=O)CNC)c(OC)cc1F. The number of ether oxygens (including phenoxy) is 1. The molecular weight excluding hydrogens is 209 g/mol. The number of ketones is 1. The summed E-state index contributed by atoms with van der Waals surface area (Å²) in [6.07, 6.45) is 0.551. The van der Waals surface area contributed by atoms with E-state index in [1.165, 1.54) is 13.2 Å². The lowest BCUT2D eigenvalue weighted by molar-refractivity contribution is 0.0990. The van der Waals surface area contributed by atoms with E-state index in [0.717, 1.165) is 0 Å². The molecule has 0 spiro atoms. The van der Waals surface area contributed by atoms with Crippen molar-refractivity contribution in [2.45, 2.75) is 13.3 Å². The number of halogens is 1. The van der Waals surface area contributed by atoms with E-state index in [2.05, 4.69) is 5.32 Å². The highest BCUT2D eigenvalue weighted by Crippen LogP contribution is 2.23. The van der Waals surface area contributed by atoms with Crippen LogP contribution in [0.4, 0.5) is 4.39 Å². The minimum absolute atomic E-state index is 0.103. The van der Waals surface area contributed by atoms with Crippen molar-refractivity contribution in [1.82, 2.24) is 5.32 Å². The van der Waals surface area contributed by atoms with Gasteiger partial charge in [-0.3, -0.25) is 4.79 Å². The van der Waals surface area contributed by atoms with Gasteiger partial charge in [-0.1, -0.05) is 6.92 Å². The van der Waals surface area contributed by atoms with E-state index in [9.17, 15) is 9.18 Å². The van der Waals surface area contributed by atoms with Gasteiger partial charge in [-0.05, 0) is 25.1 Å². The molecule has 0 bridgehead atoms. The Labute approximate surface area is 94.6 Å². The van der Waals surface area contributed by atoms with Crippen LogP contribution in [0.15, 0.2) is 12.1 Å². The van der Waals surface area contributed by atoms with Crippen molar-refractivity contribution in [3.05, 3.63) is 29.1 Å². The molecule has 1 rings (SSSR count). The molecule has 16 heavy (non-hydrogen) atoms. The van der Waals surface area contributed by atoms with Crippen LogP contribution in [-0.4, -0.2) is 26.5 Å². The Bertz CT molecular complexity index is 391. The molecule has 0 fully saturated rings. The third kappa shape index (κ3) is 2.58. The van der Waals surface area contributed by atoms with Crippen LogP contribution in [0.5, 0.6) is 5.75 Å². The minimum atomic E-state index is -0.333. The second kappa shape index (κ2) is 5.61. The highest BCUT2D eigenvalue weighted by atomic mass is 19.1. The number of nitrogens with one attached hydrogen (secondary N) is 1. The highest BCUT2D eigenvalue weighted by molar-refractivity contribution is 6.00. The Hall–Kier alpha value is -1.42. The summed E-state index contributed by atoms with van der Waals surface area (Å²) in [5, 5.41) is 2.77. The van der Waals surface area contributed by atoms with Gasteiger partial charge >= 0.3 is 0 Å². The Morgan fingerprint density at radius 3 is 2.69 bits per heavy atom. The summed E-state index contributed by atoms with van der Waals surface area (Å²) in [6.45, 7) is 2.06. The lowest BCUT2D eigenvalue weighted by atomic mass is 10.0. The maximum atomic E-state index is 13.5. The summed E-state index contributed by atoms with van der Waals surface area (Å²) < 4.78 is 18.5. The van der Waals surface area contributed by atoms with Crippen LogP contribution in [0, 0.1) is 5.82 Å². The molecule has 1 N–H and O–H groups in total. The number of hydrogen-bond donors (Lipinski definition) is 1. The monoisotopic (exact) mass is 225 g/mol. The number of hydrogen-bond acceptors (Lipinski definition) is 3. The zero-order valence-electron chi connectivity index (χ0n) is 9.76. The van der Waals surface area contributed by atoms with Crippen molar-refractivity contribution in [2.75, 3.05) is 20.7 Å². The molecule has 0 aliphatic rings. The molecule has 1 aromatic carbocycles. The molecule has 0 amide bonds. The molecule has 0 unspecified atom stereocenters. The van der Waals surface area contributed by atoms with Crippen molar-refractivity contribution >= 4 is 5.78 Å². The third-order valence-electron chi connectivity index (χ3n) is 2.39. The largest absolute Gasteiger partial charge is 0.496 e. The van der Waals surface area contributed by atoms with Crippen LogP contribution in [0.3, 0.4) is 0 Å². The first-order chi connectivity index (χ1) is 7.63. The van der Waals surface area contributed by atoms with Crippen molar-refractivity contribution in [2.24, 2.45) is 0 Å². The highest BCUT2D eigenvalue weighted by Gasteiger charge is 2.15. The van der Waals surface area contributed by atoms with E-state index in [-0.39, 0.29) is 23.9 Å². The molecule has 0 radical (unpaired) electrons. The molecule has 88 valence electrons. The normalized spacial score (nSPS) is 10.2. The first-order valence-electron chi connectivity index (χ1n) is 5.18. The van der Waals surface area contributed by atoms with Gasteiger partial charge in [0, 0.05) is 6.07 Å². The Morgan fingerprint density at radius 2 is 2.19 bits per heavy atom. The Morgan fingerprint density at radius 1 is 1.50 bits per heavy atom. The number of Topliss-reactive ketones (excluding diaryl/α,β-unsaturated/α-hetero) is 1. The second-order valence-corrected chi connectivity index (χ2v) is 3.45. The van der Waals surface area contributed by atoms with Crippen LogP contribution in [-0.2, 0) is 6.42 Å². The van der Waals surface area contributed by atoms with E-state index < -0.39 is 0 Å². The zero-order valence-corrected chi connectivity index (χ0v) is 9.76. The Kier molecular flexibility index (Phi) is 4.43. The molecule has 3 nitrogen and oxygen atoms in total. The fourth-order valence-corrected chi connectivity index (χ4v) is 1.51.